The van der Waals surface area contributed by atoms with Crippen LogP contribution in [0.5, 0.6) is 0 Å². The summed E-state index contributed by atoms with van der Waals surface area (Å²) in [5.74, 6) is -1.34. The summed E-state index contributed by atoms with van der Waals surface area (Å²) in [5.41, 5.74) is -0.908. The van der Waals surface area contributed by atoms with Gasteiger partial charge in [-0.25, -0.2) is 8.42 Å². The van der Waals surface area contributed by atoms with Crippen molar-refractivity contribution in [3.8, 4) is 0 Å². The van der Waals surface area contributed by atoms with Crippen molar-refractivity contribution >= 4 is 38.3 Å². The topological polar surface area (TPSA) is 161 Å². The number of anilines is 1. The van der Waals surface area contributed by atoms with Crippen LogP contribution in [0.15, 0.2) is 63.0 Å². The van der Waals surface area contributed by atoms with Crippen LogP contribution in [0.3, 0.4) is 0 Å². The van der Waals surface area contributed by atoms with E-state index in [-0.39, 0.29) is 46.9 Å². The van der Waals surface area contributed by atoms with Crippen LogP contribution in [0.1, 0.15) is 12.8 Å². The molecule has 2 heterocycles. The first kappa shape index (κ1) is 23.4. The molecule has 0 spiro atoms. The molecule has 1 aliphatic rings. The fourth-order valence-corrected chi connectivity index (χ4v) is 5.43. The second-order valence-corrected chi connectivity index (χ2v) is 9.83. The Morgan fingerprint density at radius 2 is 1.62 bits per heavy atom. The van der Waals surface area contributed by atoms with Gasteiger partial charge in [-0.2, -0.15) is 4.31 Å². The predicted molar refractivity (Wildman–Crippen MR) is 125 cm³/mol. The Labute approximate surface area is 194 Å². The Bertz CT molecular complexity index is 1440. The molecule has 0 bridgehead atoms. The van der Waals surface area contributed by atoms with Crippen molar-refractivity contribution in [1.82, 2.24) is 19.8 Å². The molecule has 4 N–H and O–H groups in total. The third-order valence-electron chi connectivity index (χ3n) is 5.73. The lowest BCUT2D eigenvalue weighted by molar-refractivity contribution is -0.128. The quantitative estimate of drug-likeness (QED) is 0.394. The number of nitrogens with one attached hydrogen (secondary N) is 4. The van der Waals surface area contributed by atoms with Gasteiger partial charge >= 0.3 is 0 Å². The summed E-state index contributed by atoms with van der Waals surface area (Å²) >= 11 is 0. The number of fused-ring (bicyclic) bond motifs is 1. The molecule has 1 saturated heterocycles. The highest BCUT2D eigenvalue weighted by Gasteiger charge is 2.32. The van der Waals surface area contributed by atoms with E-state index in [1.165, 1.54) is 34.6 Å². The van der Waals surface area contributed by atoms with E-state index in [0.29, 0.717) is 12.8 Å². The molecule has 2 aromatic carbocycles. The molecule has 34 heavy (non-hydrogen) atoms. The van der Waals surface area contributed by atoms with E-state index in [1.54, 1.807) is 18.2 Å². The van der Waals surface area contributed by atoms with Crippen molar-refractivity contribution in [1.29, 1.82) is 0 Å². The molecule has 12 heteroatoms. The Hall–Kier alpha value is -3.77. The molecule has 0 atom stereocenters. The normalized spacial score (nSPS) is 15.2. The highest BCUT2D eigenvalue weighted by Crippen LogP contribution is 2.24. The third-order valence-corrected chi connectivity index (χ3v) is 7.64. The first-order valence-electron chi connectivity index (χ1n) is 10.6. The molecule has 4 rings (SSSR count). The van der Waals surface area contributed by atoms with Crippen LogP contribution in [0.2, 0.25) is 0 Å². The Morgan fingerprint density at radius 3 is 2.32 bits per heavy atom. The van der Waals surface area contributed by atoms with Gasteiger partial charge in [0.1, 0.15) is 0 Å². The molecule has 11 nitrogen and oxygen atoms in total. The van der Waals surface area contributed by atoms with Crippen molar-refractivity contribution in [2.45, 2.75) is 17.7 Å². The number of amides is 2. The zero-order valence-corrected chi connectivity index (χ0v) is 18.9. The third kappa shape index (κ3) is 4.77. The van der Waals surface area contributed by atoms with E-state index >= 15 is 0 Å². The minimum absolute atomic E-state index is 0.0397. The zero-order chi connectivity index (χ0) is 24.3. The molecule has 0 aliphatic carbocycles. The maximum Gasteiger partial charge on any atom is 0.272 e. The summed E-state index contributed by atoms with van der Waals surface area (Å²) in [6.07, 6.45) is 0.669. The van der Waals surface area contributed by atoms with Crippen LogP contribution in [0, 0.1) is 5.92 Å². The van der Waals surface area contributed by atoms with Crippen molar-refractivity contribution in [2.75, 3.05) is 25.0 Å². The van der Waals surface area contributed by atoms with Gasteiger partial charge < -0.3 is 10.6 Å². The number of H-pyrrole nitrogens is 2. The zero-order valence-electron chi connectivity index (χ0n) is 18.0. The molecule has 0 unspecified atom stereocenters. The van der Waals surface area contributed by atoms with E-state index in [1.807, 2.05) is 0 Å². The van der Waals surface area contributed by atoms with Gasteiger partial charge in [0.15, 0.2) is 0 Å². The average molecular weight is 486 g/mol. The first-order valence-corrected chi connectivity index (χ1v) is 12.1. The molecular formula is C22H23N5O6S. The Balaban J connectivity index is 1.33. The number of aromatic nitrogens is 2. The fourth-order valence-electron chi connectivity index (χ4n) is 3.94. The molecule has 2 amide bonds. The van der Waals surface area contributed by atoms with Crippen molar-refractivity contribution in [3.05, 3.63) is 69.2 Å². The standard InChI is InChI=1S/C22H23N5O6S/c28-18(24-17-8-4-7-16-19(17)22(31)26-25-21(16)30)13-23-20(29)14-9-11-27(12-10-14)34(32,33)15-5-2-1-3-6-15/h1-8,14H,9-13H2,(H,23,29)(H,24,28)(H,25,30)(H,26,31). The molecule has 1 aliphatic heterocycles. The Kier molecular flexibility index (Phi) is 6.61. The minimum Gasteiger partial charge on any atom is -0.347 e. The number of piperidine rings is 1. The SMILES string of the molecule is O=C(CNC(=O)C1CCN(S(=O)(=O)c2ccccc2)CC1)Nc1cccc2c(=O)[nH][nH]c(=O)c12. The lowest BCUT2D eigenvalue weighted by Gasteiger charge is -2.30. The Morgan fingerprint density at radius 1 is 0.941 bits per heavy atom. The van der Waals surface area contributed by atoms with E-state index in [4.69, 9.17) is 0 Å². The summed E-state index contributed by atoms with van der Waals surface area (Å²) < 4.78 is 26.8. The molecule has 3 aromatic rings. The van der Waals surface area contributed by atoms with Crippen molar-refractivity contribution < 1.29 is 18.0 Å². The van der Waals surface area contributed by atoms with Crippen LogP contribution in [-0.2, 0) is 19.6 Å². The highest BCUT2D eigenvalue weighted by molar-refractivity contribution is 7.89. The molecule has 178 valence electrons. The number of carbonyl (C=O) groups excluding carboxylic acids is 2. The molecule has 0 radical (unpaired) electrons. The predicted octanol–water partition coefficient (Wildman–Crippen LogP) is 0.372. The minimum atomic E-state index is -3.61. The van der Waals surface area contributed by atoms with E-state index in [9.17, 15) is 27.6 Å². The van der Waals surface area contributed by atoms with Crippen LogP contribution >= 0.6 is 0 Å². The molecule has 1 fully saturated rings. The highest BCUT2D eigenvalue weighted by atomic mass is 32.2. The van der Waals surface area contributed by atoms with Crippen LogP contribution in [0.4, 0.5) is 5.69 Å². The van der Waals surface area contributed by atoms with Gasteiger partial charge in [-0.3, -0.25) is 29.4 Å². The number of nitrogens with zero attached hydrogens (tertiary/aromatic N) is 1. The van der Waals surface area contributed by atoms with Gasteiger partial charge in [0.25, 0.3) is 11.1 Å². The summed E-state index contributed by atoms with van der Waals surface area (Å²) in [6, 6.07) is 12.6. The van der Waals surface area contributed by atoms with E-state index in [0.717, 1.165) is 0 Å². The van der Waals surface area contributed by atoms with Crippen LogP contribution in [0.25, 0.3) is 10.8 Å². The lowest BCUT2D eigenvalue weighted by atomic mass is 9.97. The number of sulfonamides is 1. The van der Waals surface area contributed by atoms with E-state index < -0.39 is 33.0 Å². The van der Waals surface area contributed by atoms with Gasteiger partial charge in [-0.15, -0.1) is 0 Å². The van der Waals surface area contributed by atoms with Crippen LogP contribution in [-0.4, -0.2) is 54.4 Å². The fraction of sp³-hybridized carbons (Fsp3) is 0.273. The number of benzene rings is 2. The maximum atomic E-state index is 12.7. The van der Waals surface area contributed by atoms with E-state index in [2.05, 4.69) is 20.8 Å². The number of carbonyl (C=O) groups is 2. The largest absolute Gasteiger partial charge is 0.347 e. The van der Waals surface area contributed by atoms with Crippen molar-refractivity contribution in [3.63, 3.8) is 0 Å². The molecule has 0 saturated carbocycles. The van der Waals surface area contributed by atoms with Gasteiger partial charge in [-0.05, 0) is 37.1 Å². The van der Waals surface area contributed by atoms with Gasteiger partial charge in [0, 0.05) is 19.0 Å². The first-order chi connectivity index (χ1) is 16.3. The summed E-state index contributed by atoms with van der Waals surface area (Å²) in [4.78, 5) is 49.1. The van der Waals surface area contributed by atoms with Gasteiger partial charge in [-0.1, -0.05) is 24.3 Å². The van der Waals surface area contributed by atoms with Gasteiger partial charge in [0.2, 0.25) is 21.8 Å². The molecule has 1 aromatic heterocycles. The number of aromatic amines is 2. The smallest absolute Gasteiger partial charge is 0.272 e. The van der Waals surface area contributed by atoms with Gasteiger partial charge in [0.05, 0.1) is 27.9 Å². The second kappa shape index (κ2) is 9.61. The van der Waals surface area contributed by atoms with Crippen molar-refractivity contribution in [2.24, 2.45) is 5.92 Å². The monoisotopic (exact) mass is 485 g/mol. The summed E-state index contributed by atoms with van der Waals surface area (Å²) in [7, 11) is -3.61. The number of rotatable bonds is 6. The lowest BCUT2D eigenvalue weighted by Crippen LogP contribution is -2.44. The number of hydrogen-bond donors (Lipinski definition) is 4. The molecular weight excluding hydrogens is 462 g/mol. The number of hydrogen-bond acceptors (Lipinski definition) is 6. The summed E-state index contributed by atoms with van der Waals surface area (Å²) in [6.45, 7) is 0.0719. The average Bonchev–Trinajstić information content (AvgIpc) is 2.85. The second-order valence-electron chi connectivity index (χ2n) is 7.89. The maximum absolute atomic E-state index is 12.7. The summed E-state index contributed by atoms with van der Waals surface area (Å²) in [5, 5.41) is 9.70. The van der Waals surface area contributed by atoms with Crippen LogP contribution < -0.4 is 21.8 Å².